The van der Waals surface area contributed by atoms with E-state index in [-0.39, 0.29) is 12.1 Å². The third-order valence-electron chi connectivity index (χ3n) is 2.91. The van der Waals surface area contributed by atoms with Crippen molar-refractivity contribution < 1.29 is 9.53 Å². The lowest BCUT2D eigenvalue weighted by atomic mass is 9.96. The van der Waals surface area contributed by atoms with Gasteiger partial charge in [-0.3, -0.25) is 0 Å². The lowest BCUT2D eigenvalue weighted by Gasteiger charge is -2.29. The third kappa shape index (κ3) is 2.61. The number of carbonyl (C=O) groups is 1. The van der Waals surface area contributed by atoms with Crippen LogP contribution in [-0.4, -0.2) is 31.3 Å². The van der Waals surface area contributed by atoms with Crippen LogP contribution >= 0.6 is 0 Å². The topological polar surface area (TPSA) is 50.4 Å². The highest BCUT2D eigenvalue weighted by Gasteiger charge is 2.22. The normalized spacial score (nSPS) is 24.0. The van der Waals surface area contributed by atoms with Gasteiger partial charge in [0, 0.05) is 6.04 Å². The molecule has 0 bridgehead atoms. The second-order valence-electron chi connectivity index (χ2n) is 4.19. The van der Waals surface area contributed by atoms with Crippen LogP contribution in [0.4, 0.5) is 4.79 Å². The number of carbonyl (C=O) groups excluding carboxylic acids is 1. The van der Waals surface area contributed by atoms with Crippen LogP contribution in [0.5, 0.6) is 0 Å². The van der Waals surface area contributed by atoms with E-state index in [1.807, 2.05) is 0 Å². The number of hydrogen-bond acceptors (Lipinski definition) is 2. The van der Waals surface area contributed by atoms with Crippen molar-refractivity contribution in [2.75, 3.05) is 13.2 Å². The Morgan fingerprint density at radius 3 is 2.21 bits per heavy atom. The van der Waals surface area contributed by atoms with E-state index in [4.69, 9.17) is 4.74 Å². The van der Waals surface area contributed by atoms with Crippen molar-refractivity contribution in [3.8, 4) is 0 Å². The first-order chi connectivity index (χ1) is 6.84. The molecule has 0 aromatic heterocycles. The van der Waals surface area contributed by atoms with Gasteiger partial charge in [-0.15, -0.1) is 0 Å². The van der Waals surface area contributed by atoms with Crippen LogP contribution in [0.25, 0.3) is 0 Å². The summed E-state index contributed by atoms with van der Waals surface area (Å²) >= 11 is 0. The number of ether oxygens (including phenoxy) is 1. The summed E-state index contributed by atoms with van der Waals surface area (Å²) in [5, 5.41) is 5.90. The molecule has 4 heteroatoms. The Labute approximate surface area is 84.4 Å². The van der Waals surface area contributed by atoms with Gasteiger partial charge in [0.25, 0.3) is 0 Å². The van der Waals surface area contributed by atoms with E-state index in [1.165, 1.54) is 19.3 Å². The molecule has 0 unspecified atom stereocenters. The maximum Gasteiger partial charge on any atom is 0.315 e. The van der Waals surface area contributed by atoms with E-state index in [9.17, 15) is 4.79 Å². The van der Waals surface area contributed by atoms with Crippen LogP contribution in [-0.2, 0) is 4.74 Å². The Hall–Kier alpha value is -0.770. The van der Waals surface area contributed by atoms with Crippen LogP contribution in [0.3, 0.4) is 0 Å². The Kier molecular flexibility index (Phi) is 3.24. The Balaban J connectivity index is 1.64. The van der Waals surface area contributed by atoms with Gasteiger partial charge >= 0.3 is 6.03 Å². The molecule has 2 fully saturated rings. The summed E-state index contributed by atoms with van der Waals surface area (Å²) in [7, 11) is 0. The van der Waals surface area contributed by atoms with Gasteiger partial charge < -0.3 is 15.4 Å². The van der Waals surface area contributed by atoms with Gasteiger partial charge in [0.15, 0.2) is 0 Å². The van der Waals surface area contributed by atoms with Gasteiger partial charge in [0.05, 0.1) is 19.3 Å². The number of hydrogen-bond donors (Lipinski definition) is 2. The first-order valence-electron chi connectivity index (χ1n) is 5.49. The van der Waals surface area contributed by atoms with Gasteiger partial charge in [-0.2, -0.15) is 0 Å². The molecular formula is C10H18N2O2. The molecule has 1 saturated heterocycles. The minimum absolute atomic E-state index is 0.0230. The van der Waals surface area contributed by atoms with Crippen molar-refractivity contribution in [2.45, 2.75) is 44.2 Å². The first-order valence-corrected chi connectivity index (χ1v) is 5.49. The Morgan fingerprint density at radius 1 is 1.00 bits per heavy atom. The monoisotopic (exact) mass is 198 g/mol. The van der Waals surface area contributed by atoms with Gasteiger partial charge in [-0.25, -0.2) is 4.79 Å². The fourth-order valence-corrected chi connectivity index (χ4v) is 1.98. The zero-order chi connectivity index (χ0) is 9.80. The van der Waals surface area contributed by atoms with E-state index in [0.717, 1.165) is 12.8 Å². The third-order valence-corrected chi connectivity index (χ3v) is 2.91. The van der Waals surface area contributed by atoms with Crippen molar-refractivity contribution >= 4 is 6.03 Å². The van der Waals surface area contributed by atoms with Gasteiger partial charge in [0.2, 0.25) is 0 Å². The minimum Gasteiger partial charge on any atom is -0.377 e. The van der Waals surface area contributed by atoms with Crippen molar-refractivity contribution in [2.24, 2.45) is 0 Å². The smallest absolute Gasteiger partial charge is 0.315 e. The number of amides is 2. The summed E-state index contributed by atoms with van der Waals surface area (Å²) in [5.74, 6) is 0. The van der Waals surface area contributed by atoms with Crippen molar-refractivity contribution in [3.63, 3.8) is 0 Å². The molecule has 1 aliphatic heterocycles. The fraction of sp³-hybridized carbons (Fsp3) is 0.900. The van der Waals surface area contributed by atoms with E-state index in [2.05, 4.69) is 10.6 Å². The highest BCUT2D eigenvalue weighted by atomic mass is 16.5. The zero-order valence-electron chi connectivity index (χ0n) is 8.42. The molecule has 4 nitrogen and oxygen atoms in total. The second kappa shape index (κ2) is 4.64. The maximum atomic E-state index is 11.4. The summed E-state index contributed by atoms with van der Waals surface area (Å²) < 4.78 is 4.98. The average molecular weight is 198 g/mol. The molecular weight excluding hydrogens is 180 g/mol. The molecule has 2 rings (SSSR count). The second-order valence-corrected chi connectivity index (χ2v) is 4.19. The van der Waals surface area contributed by atoms with Crippen LogP contribution in [0.2, 0.25) is 0 Å². The van der Waals surface area contributed by atoms with Crippen LogP contribution in [0.15, 0.2) is 0 Å². The van der Waals surface area contributed by atoms with Crippen LogP contribution in [0.1, 0.15) is 32.1 Å². The van der Waals surface area contributed by atoms with E-state index in [1.54, 1.807) is 0 Å². The molecule has 0 atom stereocenters. The Bertz CT molecular complexity index is 198. The van der Waals surface area contributed by atoms with Crippen molar-refractivity contribution in [3.05, 3.63) is 0 Å². The van der Waals surface area contributed by atoms with Crippen molar-refractivity contribution in [1.82, 2.24) is 10.6 Å². The van der Waals surface area contributed by atoms with Crippen molar-refractivity contribution in [1.29, 1.82) is 0 Å². The highest BCUT2D eigenvalue weighted by molar-refractivity contribution is 5.74. The summed E-state index contributed by atoms with van der Waals surface area (Å²) in [6.45, 7) is 1.33. The molecule has 1 aliphatic carbocycles. The SMILES string of the molecule is O=C(NC1CCCCC1)NC1COC1. The van der Waals surface area contributed by atoms with Crippen LogP contribution < -0.4 is 10.6 Å². The molecule has 0 aromatic carbocycles. The molecule has 1 heterocycles. The largest absolute Gasteiger partial charge is 0.377 e. The number of urea groups is 1. The molecule has 14 heavy (non-hydrogen) atoms. The number of nitrogens with one attached hydrogen (secondary N) is 2. The van der Waals surface area contributed by atoms with E-state index < -0.39 is 0 Å². The number of rotatable bonds is 2. The average Bonchev–Trinajstić information content (AvgIpc) is 2.13. The summed E-state index contributed by atoms with van der Waals surface area (Å²) in [4.78, 5) is 11.4. The molecule has 1 saturated carbocycles. The predicted molar refractivity (Wildman–Crippen MR) is 53.1 cm³/mol. The summed E-state index contributed by atoms with van der Waals surface area (Å²) in [5.41, 5.74) is 0. The van der Waals surface area contributed by atoms with Gasteiger partial charge in [-0.1, -0.05) is 19.3 Å². The van der Waals surface area contributed by atoms with Crippen LogP contribution in [0, 0.1) is 0 Å². The van der Waals surface area contributed by atoms with Gasteiger partial charge in [-0.05, 0) is 12.8 Å². The lowest BCUT2D eigenvalue weighted by Crippen LogP contribution is -2.53. The predicted octanol–water partition coefficient (Wildman–Crippen LogP) is 1.02. The minimum atomic E-state index is -0.0230. The quantitative estimate of drug-likeness (QED) is 0.696. The molecule has 2 aliphatic rings. The molecule has 0 spiro atoms. The van der Waals surface area contributed by atoms with E-state index >= 15 is 0 Å². The molecule has 0 aromatic rings. The summed E-state index contributed by atoms with van der Waals surface area (Å²) in [6, 6.07) is 0.605. The highest BCUT2D eigenvalue weighted by Crippen LogP contribution is 2.17. The first kappa shape index (κ1) is 9.77. The molecule has 80 valence electrons. The van der Waals surface area contributed by atoms with E-state index in [0.29, 0.717) is 19.3 Å². The lowest BCUT2D eigenvalue weighted by molar-refractivity contribution is -0.000195. The maximum absolute atomic E-state index is 11.4. The standard InChI is InChI=1S/C10H18N2O2/c13-10(12-9-6-14-7-9)11-8-4-2-1-3-5-8/h8-9H,1-7H2,(H2,11,12,13). The summed E-state index contributed by atoms with van der Waals surface area (Å²) in [6.07, 6.45) is 6.08. The molecule has 2 N–H and O–H groups in total. The van der Waals surface area contributed by atoms with Gasteiger partial charge in [0.1, 0.15) is 0 Å². The Morgan fingerprint density at radius 2 is 1.64 bits per heavy atom. The fourth-order valence-electron chi connectivity index (χ4n) is 1.98. The molecule has 0 radical (unpaired) electrons. The zero-order valence-corrected chi connectivity index (χ0v) is 8.42. The molecule has 2 amide bonds.